The van der Waals surface area contributed by atoms with Crippen molar-refractivity contribution in [3.63, 3.8) is 0 Å². The first-order valence-corrected chi connectivity index (χ1v) is 3.67. The minimum absolute atomic E-state index is 0.121. The molecule has 0 fully saturated rings. The zero-order valence-corrected chi connectivity index (χ0v) is 7.28. The molecule has 0 aliphatic rings. The van der Waals surface area contributed by atoms with E-state index in [0.29, 0.717) is 12.3 Å². The molecule has 4 nitrogen and oxygen atoms in total. The molecule has 0 amide bonds. The summed E-state index contributed by atoms with van der Waals surface area (Å²) in [5, 5.41) is 10.3. The van der Waals surface area contributed by atoms with E-state index in [-0.39, 0.29) is 4.64 Å². The number of aromatic nitrogens is 1. The lowest BCUT2D eigenvalue weighted by Crippen LogP contribution is -2.09. The van der Waals surface area contributed by atoms with Crippen LogP contribution in [-0.2, 0) is 6.18 Å². The summed E-state index contributed by atoms with van der Waals surface area (Å²) < 4.78 is 36.4. The fourth-order valence-corrected chi connectivity index (χ4v) is 1.01. The van der Waals surface area contributed by atoms with Gasteiger partial charge in [-0.3, -0.25) is 10.1 Å². The molecule has 0 unspecified atom stereocenters. The van der Waals surface area contributed by atoms with Crippen LogP contribution in [0.25, 0.3) is 0 Å². The molecule has 14 heavy (non-hydrogen) atoms. The minimum Gasteiger partial charge on any atom is -0.352 e. The fraction of sp³-hybridized carbons (Fsp3) is 0.167. The molecule has 8 heteroatoms. The Labute approximate surface area is 80.5 Å². The molecule has 0 saturated heterocycles. The lowest BCUT2D eigenvalue weighted by atomic mass is 10.2. The number of aromatic amines is 1. The number of H-pyrrole nitrogens is 1. The Morgan fingerprint density at radius 1 is 1.50 bits per heavy atom. The zero-order valence-electron chi connectivity index (χ0n) is 6.46. The predicted octanol–water partition coefficient (Wildman–Crippen LogP) is 2.67. The van der Waals surface area contributed by atoms with E-state index in [9.17, 15) is 23.3 Å². The Bertz CT molecular complexity index is 426. The van der Waals surface area contributed by atoms with Crippen LogP contribution in [-0.4, -0.2) is 9.91 Å². The molecule has 1 aromatic heterocycles. The van der Waals surface area contributed by atoms with Gasteiger partial charge in [0.15, 0.2) is 0 Å². The van der Waals surface area contributed by atoms with Crippen molar-refractivity contribution in [3.8, 4) is 0 Å². The van der Waals surface area contributed by atoms with Gasteiger partial charge >= 0.3 is 6.18 Å². The van der Waals surface area contributed by atoms with Gasteiger partial charge in [-0.25, -0.2) is 0 Å². The SMILES string of the molecule is O=[N+]([O-])c1cc(=S)[nH]cc1C(F)(F)F. The van der Waals surface area contributed by atoms with E-state index >= 15 is 0 Å². The minimum atomic E-state index is -4.76. The van der Waals surface area contributed by atoms with Crippen LogP contribution in [0.1, 0.15) is 5.56 Å². The third kappa shape index (κ3) is 2.08. The summed E-state index contributed by atoms with van der Waals surface area (Å²) in [6.45, 7) is 0. The summed E-state index contributed by atoms with van der Waals surface area (Å²) in [4.78, 5) is 11.2. The maximum Gasteiger partial charge on any atom is 0.424 e. The van der Waals surface area contributed by atoms with Gasteiger partial charge in [0.05, 0.1) is 11.0 Å². The first-order chi connectivity index (χ1) is 6.32. The Morgan fingerprint density at radius 2 is 2.07 bits per heavy atom. The molecular weight excluding hydrogens is 221 g/mol. The Morgan fingerprint density at radius 3 is 2.50 bits per heavy atom. The number of hydrogen-bond donors (Lipinski definition) is 1. The number of alkyl halides is 3. The van der Waals surface area contributed by atoms with E-state index in [4.69, 9.17) is 0 Å². The molecule has 1 N–H and O–H groups in total. The number of rotatable bonds is 1. The molecule has 1 rings (SSSR count). The van der Waals surface area contributed by atoms with E-state index in [1.165, 1.54) is 0 Å². The third-order valence-corrected chi connectivity index (χ3v) is 1.64. The number of nitrogens with zero attached hydrogens (tertiary/aromatic N) is 1. The van der Waals surface area contributed by atoms with Crippen LogP contribution in [0.5, 0.6) is 0 Å². The highest BCUT2D eigenvalue weighted by atomic mass is 32.1. The van der Waals surface area contributed by atoms with E-state index < -0.39 is 22.4 Å². The zero-order chi connectivity index (χ0) is 10.9. The second-order valence-electron chi connectivity index (χ2n) is 2.35. The van der Waals surface area contributed by atoms with Crippen LogP contribution >= 0.6 is 12.2 Å². The monoisotopic (exact) mass is 224 g/mol. The molecule has 0 aromatic carbocycles. The Kier molecular flexibility index (Phi) is 2.56. The third-order valence-electron chi connectivity index (χ3n) is 1.40. The summed E-state index contributed by atoms with van der Waals surface area (Å²) in [6, 6.07) is 0.665. The van der Waals surface area contributed by atoms with E-state index in [1.54, 1.807) is 0 Å². The Hall–Kier alpha value is -1.44. The molecule has 76 valence electrons. The van der Waals surface area contributed by atoms with Crippen molar-refractivity contribution in [2.45, 2.75) is 6.18 Å². The fourth-order valence-electron chi connectivity index (χ4n) is 0.839. The molecule has 0 bridgehead atoms. The molecule has 0 spiro atoms. The van der Waals surface area contributed by atoms with E-state index in [0.717, 1.165) is 0 Å². The van der Waals surface area contributed by atoms with Gasteiger partial charge in [0, 0.05) is 6.20 Å². The smallest absolute Gasteiger partial charge is 0.352 e. The summed E-state index contributed by atoms with van der Waals surface area (Å²) in [6.07, 6.45) is -4.28. The molecule has 1 aromatic rings. The van der Waals surface area contributed by atoms with Crippen LogP contribution < -0.4 is 0 Å². The molecule has 0 radical (unpaired) electrons. The molecule has 0 aliphatic heterocycles. The van der Waals surface area contributed by atoms with Gasteiger partial charge in [0.1, 0.15) is 10.2 Å². The first-order valence-electron chi connectivity index (χ1n) is 3.26. The number of halogens is 3. The average Bonchev–Trinajstić information content (AvgIpc) is 2.01. The summed E-state index contributed by atoms with van der Waals surface area (Å²) in [7, 11) is 0. The quantitative estimate of drug-likeness (QED) is 0.453. The number of hydrogen-bond acceptors (Lipinski definition) is 3. The summed E-state index contributed by atoms with van der Waals surface area (Å²) in [5.41, 5.74) is -2.38. The van der Waals surface area contributed by atoms with Gasteiger partial charge < -0.3 is 4.98 Å². The molecular formula is C6H3F3N2O2S. The molecule has 0 saturated carbocycles. The standard InChI is InChI=1S/C6H3F3N2O2S/c7-6(8,9)3-2-10-5(14)1-4(3)11(12)13/h1-2H,(H,10,14). The second kappa shape index (κ2) is 3.37. The van der Waals surface area contributed by atoms with Gasteiger partial charge in [-0.05, 0) is 0 Å². The molecule has 1 heterocycles. The number of nitro groups is 1. The van der Waals surface area contributed by atoms with Crippen molar-refractivity contribution in [1.82, 2.24) is 4.98 Å². The van der Waals surface area contributed by atoms with Gasteiger partial charge in [-0.1, -0.05) is 12.2 Å². The van der Waals surface area contributed by atoms with Crippen molar-refractivity contribution in [3.05, 3.63) is 32.6 Å². The van der Waals surface area contributed by atoms with Crippen molar-refractivity contribution in [2.75, 3.05) is 0 Å². The van der Waals surface area contributed by atoms with Crippen molar-refractivity contribution in [2.24, 2.45) is 0 Å². The largest absolute Gasteiger partial charge is 0.424 e. The average molecular weight is 224 g/mol. The second-order valence-corrected chi connectivity index (χ2v) is 2.79. The van der Waals surface area contributed by atoms with E-state index in [2.05, 4.69) is 17.2 Å². The van der Waals surface area contributed by atoms with Crippen molar-refractivity contribution in [1.29, 1.82) is 0 Å². The Balaban J connectivity index is 3.44. The first kappa shape index (κ1) is 10.6. The van der Waals surface area contributed by atoms with Gasteiger partial charge in [0.25, 0.3) is 5.69 Å². The highest BCUT2D eigenvalue weighted by Crippen LogP contribution is 2.34. The van der Waals surface area contributed by atoms with Crippen LogP contribution in [0.3, 0.4) is 0 Å². The number of pyridine rings is 1. The predicted molar refractivity (Wildman–Crippen MR) is 43.3 cm³/mol. The van der Waals surface area contributed by atoms with Crippen molar-refractivity contribution < 1.29 is 18.1 Å². The van der Waals surface area contributed by atoms with Crippen LogP contribution in [0.2, 0.25) is 0 Å². The van der Waals surface area contributed by atoms with Crippen LogP contribution in [0.4, 0.5) is 18.9 Å². The van der Waals surface area contributed by atoms with Gasteiger partial charge in [-0.15, -0.1) is 0 Å². The van der Waals surface area contributed by atoms with E-state index in [1.807, 2.05) is 0 Å². The van der Waals surface area contributed by atoms with Crippen LogP contribution in [0.15, 0.2) is 12.3 Å². The highest BCUT2D eigenvalue weighted by molar-refractivity contribution is 7.71. The summed E-state index contributed by atoms with van der Waals surface area (Å²) >= 11 is 4.47. The maximum atomic E-state index is 12.2. The topological polar surface area (TPSA) is 58.9 Å². The lowest BCUT2D eigenvalue weighted by molar-refractivity contribution is -0.388. The van der Waals surface area contributed by atoms with Crippen LogP contribution in [0, 0.1) is 14.8 Å². The molecule has 0 aliphatic carbocycles. The van der Waals surface area contributed by atoms with Gasteiger partial charge in [0.2, 0.25) is 0 Å². The van der Waals surface area contributed by atoms with Crippen molar-refractivity contribution >= 4 is 17.9 Å². The van der Waals surface area contributed by atoms with Gasteiger partial charge in [-0.2, -0.15) is 13.2 Å². The maximum absolute atomic E-state index is 12.2. The lowest BCUT2D eigenvalue weighted by Gasteiger charge is -2.05. The normalized spacial score (nSPS) is 11.4. The number of nitrogens with one attached hydrogen (secondary N) is 1. The summed E-state index contributed by atoms with van der Waals surface area (Å²) in [5.74, 6) is 0. The molecule has 0 atom stereocenters. The highest BCUT2D eigenvalue weighted by Gasteiger charge is 2.38.